The van der Waals surface area contributed by atoms with Gasteiger partial charge in [-0.3, -0.25) is 10.1 Å². The molecule has 0 aromatic heterocycles. The molecule has 0 aliphatic heterocycles. The Labute approximate surface area is 71.3 Å². The zero-order valence-corrected chi connectivity index (χ0v) is 7.28. The maximum Gasteiger partial charge on any atom is 0.320 e. The van der Waals surface area contributed by atoms with Crippen LogP contribution in [0.5, 0.6) is 0 Å². The Kier molecular flexibility index (Phi) is 5.61. The number of nitrogens with one attached hydrogen (secondary N) is 1. The first-order valence-corrected chi connectivity index (χ1v) is 3.70. The average Bonchev–Trinajstić information content (AvgIpc) is 2.03. The van der Waals surface area contributed by atoms with E-state index in [0.29, 0.717) is 6.61 Å². The van der Waals surface area contributed by atoms with E-state index in [1.165, 1.54) is 14.0 Å². The number of hydrogen-bond acceptors (Lipinski definition) is 4. The molecule has 0 aliphatic carbocycles. The van der Waals surface area contributed by atoms with Gasteiger partial charge in [0, 0.05) is 7.11 Å². The number of methoxy groups -OCH3 is 1. The number of carboxylic acid groups (broad SMARTS) is 1. The normalized spacial score (nSPS) is 15.6. The van der Waals surface area contributed by atoms with E-state index in [-0.39, 0.29) is 12.6 Å². The van der Waals surface area contributed by atoms with Gasteiger partial charge >= 0.3 is 5.97 Å². The molecule has 0 aromatic rings. The average molecular weight is 177 g/mol. The van der Waals surface area contributed by atoms with Crippen molar-refractivity contribution in [3.05, 3.63) is 0 Å². The Morgan fingerprint density at radius 2 is 2.25 bits per heavy atom. The molecular formula is C7H15NO4. The van der Waals surface area contributed by atoms with Crippen molar-refractivity contribution >= 4 is 5.97 Å². The molecule has 0 amide bonds. The van der Waals surface area contributed by atoms with Crippen molar-refractivity contribution < 1.29 is 19.7 Å². The molecule has 72 valence electrons. The molecule has 2 atom stereocenters. The van der Waals surface area contributed by atoms with Crippen LogP contribution in [-0.4, -0.2) is 48.6 Å². The molecule has 0 rings (SSSR count). The van der Waals surface area contributed by atoms with Crippen LogP contribution in [0.2, 0.25) is 0 Å². The minimum Gasteiger partial charge on any atom is -0.480 e. The van der Waals surface area contributed by atoms with Gasteiger partial charge < -0.3 is 14.9 Å². The first-order chi connectivity index (χ1) is 5.61. The highest BCUT2D eigenvalue weighted by Gasteiger charge is 2.15. The Hall–Kier alpha value is -0.650. The Bertz CT molecular complexity index is 139. The summed E-state index contributed by atoms with van der Waals surface area (Å²) in [6, 6.07) is -0.988. The van der Waals surface area contributed by atoms with E-state index < -0.39 is 12.0 Å². The molecule has 0 aromatic carbocycles. The van der Waals surface area contributed by atoms with E-state index in [2.05, 4.69) is 5.32 Å². The van der Waals surface area contributed by atoms with Gasteiger partial charge in [0.25, 0.3) is 0 Å². The summed E-state index contributed by atoms with van der Waals surface area (Å²) in [5.74, 6) is -0.940. The van der Waals surface area contributed by atoms with Gasteiger partial charge in [-0.25, -0.2) is 0 Å². The van der Waals surface area contributed by atoms with Crippen molar-refractivity contribution in [2.45, 2.75) is 19.0 Å². The highest BCUT2D eigenvalue weighted by Crippen LogP contribution is 1.88. The van der Waals surface area contributed by atoms with Crippen LogP contribution in [0.25, 0.3) is 0 Å². The van der Waals surface area contributed by atoms with E-state index in [1.807, 2.05) is 0 Å². The minimum atomic E-state index is -0.940. The number of aliphatic hydroxyl groups excluding tert-OH is 1. The molecule has 0 saturated carbocycles. The van der Waals surface area contributed by atoms with Crippen LogP contribution in [0, 0.1) is 0 Å². The lowest BCUT2D eigenvalue weighted by Gasteiger charge is -2.17. The van der Waals surface area contributed by atoms with E-state index in [1.54, 1.807) is 0 Å². The molecule has 0 radical (unpaired) electrons. The van der Waals surface area contributed by atoms with Crippen LogP contribution >= 0.6 is 0 Å². The molecule has 5 nitrogen and oxygen atoms in total. The maximum atomic E-state index is 10.4. The van der Waals surface area contributed by atoms with E-state index in [0.717, 1.165) is 0 Å². The molecule has 3 N–H and O–H groups in total. The fourth-order valence-electron chi connectivity index (χ4n) is 0.780. The van der Waals surface area contributed by atoms with E-state index in [9.17, 15) is 4.79 Å². The number of aliphatic hydroxyl groups is 1. The van der Waals surface area contributed by atoms with Crippen LogP contribution in [0.1, 0.15) is 6.92 Å². The van der Waals surface area contributed by atoms with Crippen LogP contribution in [0.4, 0.5) is 0 Å². The first kappa shape index (κ1) is 11.4. The number of rotatable bonds is 6. The van der Waals surface area contributed by atoms with Crippen molar-refractivity contribution in [3.63, 3.8) is 0 Å². The number of ether oxygens (including phenoxy) is 1. The summed E-state index contributed by atoms with van der Waals surface area (Å²) in [4.78, 5) is 10.4. The molecule has 0 spiro atoms. The standard InChI is InChI=1S/C7H15NO4/c1-5(7(10)11)8-6(3-9)4-12-2/h5-6,8-9H,3-4H2,1-2H3,(H,10,11). The molecule has 5 heteroatoms. The largest absolute Gasteiger partial charge is 0.480 e. The van der Waals surface area contributed by atoms with Crippen molar-refractivity contribution in [1.29, 1.82) is 0 Å². The second-order valence-corrected chi connectivity index (χ2v) is 2.56. The monoisotopic (exact) mass is 177 g/mol. The minimum absolute atomic E-state index is 0.133. The van der Waals surface area contributed by atoms with Gasteiger partial charge in [0.1, 0.15) is 6.04 Å². The summed E-state index contributed by atoms with van der Waals surface area (Å²) in [5, 5.41) is 20.0. The summed E-state index contributed by atoms with van der Waals surface area (Å²) in [6.07, 6.45) is 0. The van der Waals surface area contributed by atoms with Crippen LogP contribution in [0.3, 0.4) is 0 Å². The van der Waals surface area contributed by atoms with Crippen molar-refractivity contribution in [2.24, 2.45) is 0 Å². The molecule has 12 heavy (non-hydrogen) atoms. The molecule has 0 heterocycles. The third-order valence-electron chi connectivity index (χ3n) is 1.44. The summed E-state index contributed by atoms with van der Waals surface area (Å²) >= 11 is 0. The predicted octanol–water partition coefficient (Wildman–Crippen LogP) is -0.944. The highest BCUT2D eigenvalue weighted by molar-refractivity contribution is 5.72. The summed E-state index contributed by atoms with van der Waals surface area (Å²) < 4.78 is 4.76. The molecule has 0 saturated heterocycles. The Morgan fingerprint density at radius 1 is 1.67 bits per heavy atom. The van der Waals surface area contributed by atoms with Crippen LogP contribution < -0.4 is 5.32 Å². The zero-order chi connectivity index (χ0) is 9.56. The second kappa shape index (κ2) is 5.93. The third-order valence-corrected chi connectivity index (χ3v) is 1.44. The number of hydrogen-bond donors (Lipinski definition) is 3. The van der Waals surface area contributed by atoms with E-state index in [4.69, 9.17) is 14.9 Å². The van der Waals surface area contributed by atoms with Gasteiger partial charge in [-0.15, -0.1) is 0 Å². The second-order valence-electron chi connectivity index (χ2n) is 2.56. The summed E-state index contributed by atoms with van der Waals surface area (Å²) in [7, 11) is 1.50. The highest BCUT2D eigenvalue weighted by atomic mass is 16.5. The topological polar surface area (TPSA) is 78.8 Å². The Morgan fingerprint density at radius 3 is 2.58 bits per heavy atom. The molecule has 0 aliphatic rings. The lowest BCUT2D eigenvalue weighted by molar-refractivity contribution is -0.139. The first-order valence-electron chi connectivity index (χ1n) is 3.70. The zero-order valence-electron chi connectivity index (χ0n) is 7.28. The molecule has 0 bridgehead atoms. The lowest BCUT2D eigenvalue weighted by Crippen LogP contribution is -2.45. The molecule has 0 fully saturated rings. The van der Waals surface area contributed by atoms with Gasteiger partial charge in [-0.2, -0.15) is 0 Å². The van der Waals surface area contributed by atoms with Crippen molar-refractivity contribution in [3.8, 4) is 0 Å². The van der Waals surface area contributed by atoms with E-state index >= 15 is 0 Å². The van der Waals surface area contributed by atoms with Crippen molar-refractivity contribution in [1.82, 2.24) is 5.32 Å². The number of aliphatic carboxylic acids is 1. The van der Waals surface area contributed by atoms with Gasteiger partial charge in [0.05, 0.1) is 19.3 Å². The quantitative estimate of drug-likeness (QED) is 0.488. The van der Waals surface area contributed by atoms with Gasteiger partial charge in [0.2, 0.25) is 0 Å². The SMILES string of the molecule is COCC(CO)NC(C)C(=O)O. The molecule has 2 unspecified atom stereocenters. The number of carboxylic acids is 1. The Balaban J connectivity index is 3.76. The fourth-order valence-corrected chi connectivity index (χ4v) is 0.780. The van der Waals surface area contributed by atoms with Crippen LogP contribution in [0.15, 0.2) is 0 Å². The third kappa shape index (κ3) is 4.27. The van der Waals surface area contributed by atoms with Crippen molar-refractivity contribution in [2.75, 3.05) is 20.3 Å². The fraction of sp³-hybridized carbons (Fsp3) is 0.857. The van der Waals surface area contributed by atoms with Gasteiger partial charge in [-0.1, -0.05) is 0 Å². The predicted molar refractivity (Wildman–Crippen MR) is 43.0 cm³/mol. The maximum absolute atomic E-state index is 10.4. The number of carbonyl (C=O) groups is 1. The summed E-state index contributed by atoms with van der Waals surface area (Å²) in [6.45, 7) is 1.68. The smallest absolute Gasteiger partial charge is 0.320 e. The van der Waals surface area contributed by atoms with Gasteiger partial charge in [-0.05, 0) is 6.92 Å². The van der Waals surface area contributed by atoms with Gasteiger partial charge in [0.15, 0.2) is 0 Å². The molecular weight excluding hydrogens is 162 g/mol. The lowest BCUT2D eigenvalue weighted by atomic mass is 10.2. The summed E-state index contributed by atoms with van der Waals surface area (Å²) in [5.41, 5.74) is 0. The van der Waals surface area contributed by atoms with Crippen LogP contribution in [-0.2, 0) is 9.53 Å².